The lowest BCUT2D eigenvalue weighted by atomic mass is 9.86. The summed E-state index contributed by atoms with van der Waals surface area (Å²) >= 11 is 0. The normalized spacial score (nSPS) is 35.1. The minimum absolute atomic E-state index is 0.00130. The number of likely N-dealkylation sites (tertiary alicyclic amines) is 1. The van der Waals surface area contributed by atoms with Gasteiger partial charge in [0.05, 0.1) is 12.9 Å². The summed E-state index contributed by atoms with van der Waals surface area (Å²) in [4.78, 5) is 2.32. The molecule has 4 atom stereocenters. The van der Waals surface area contributed by atoms with E-state index >= 15 is 0 Å². The van der Waals surface area contributed by atoms with Crippen molar-refractivity contribution in [2.24, 2.45) is 11.1 Å². The van der Waals surface area contributed by atoms with Gasteiger partial charge in [-0.1, -0.05) is 0 Å². The first-order valence-electron chi connectivity index (χ1n) is 9.68. The van der Waals surface area contributed by atoms with E-state index in [1.165, 1.54) is 6.26 Å². The Morgan fingerprint density at radius 3 is 2.64 bits per heavy atom. The Hall–Kier alpha value is -1.13. The Bertz CT molecular complexity index is 853. The molecule has 156 valence electrons. The molecule has 1 spiro atoms. The Labute approximate surface area is 164 Å². The molecule has 3 aliphatic heterocycles. The predicted molar refractivity (Wildman–Crippen MR) is 101 cm³/mol. The minimum Gasteiger partial charge on any atom is -0.370 e. The van der Waals surface area contributed by atoms with Crippen molar-refractivity contribution in [2.75, 3.05) is 39.0 Å². The van der Waals surface area contributed by atoms with Gasteiger partial charge in [-0.25, -0.2) is 21.5 Å². The number of benzene rings is 1. The molecule has 3 unspecified atom stereocenters. The van der Waals surface area contributed by atoms with Gasteiger partial charge in [0.2, 0.25) is 10.0 Å². The van der Waals surface area contributed by atoms with Crippen molar-refractivity contribution in [1.29, 1.82) is 0 Å². The van der Waals surface area contributed by atoms with Crippen LogP contribution in [0.1, 0.15) is 30.9 Å². The van der Waals surface area contributed by atoms with Crippen molar-refractivity contribution >= 4 is 10.0 Å². The molecule has 9 heteroatoms. The standard InChI is InChI=1S/C19H27F2N3O3S/c1-28(25,26)24-7-5-19(12-24)4-6-23(11-19)14-9-17(22)18(27-10-14)15-8-13(20)2-3-16(15)21/h2-3,8,14,17-18H,4-7,9-12,22H2,1H3/t14-,17?,18?,19?/m1/s1. The van der Waals surface area contributed by atoms with Gasteiger partial charge in [0, 0.05) is 37.3 Å². The van der Waals surface area contributed by atoms with Crippen molar-refractivity contribution < 1.29 is 21.9 Å². The molecule has 0 saturated carbocycles. The number of rotatable bonds is 3. The molecule has 0 bridgehead atoms. The van der Waals surface area contributed by atoms with Gasteiger partial charge in [-0.3, -0.25) is 4.90 Å². The maximum Gasteiger partial charge on any atom is 0.211 e. The van der Waals surface area contributed by atoms with Crippen LogP contribution in [0, 0.1) is 17.0 Å². The van der Waals surface area contributed by atoms with E-state index in [0.29, 0.717) is 26.1 Å². The number of nitrogens with two attached hydrogens (primary N) is 1. The molecule has 3 saturated heterocycles. The molecular weight excluding hydrogens is 388 g/mol. The van der Waals surface area contributed by atoms with Crippen molar-refractivity contribution in [1.82, 2.24) is 9.21 Å². The van der Waals surface area contributed by atoms with Gasteiger partial charge in [-0.15, -0.1) is 0 Å². The van der Waals surface area contributed by atoms with Gasteiger partial charge in [0.25, 0.3) is 0 Å². The van der Waals surface area contributed by atoms with Crippen LogP contribution < -0.4 is 5.73 Å². The maximum absolute atomic E-state index is 14.1. The SMILES string of the molecule is CS(=O)(=O)N1CCC2(CCN([C@H]3COC(c4cc(F)ccc4F)C(N)C3)C2)C1. The highest BCUT2D eigenvalue weighted by molar-refractivity contribution is 7.88. The second-order valence-electron chi connectivity index (χ2n) is 8.54. The fourth-order valence-electron chi connectivity index (χ4n) is 4.94. The highest BCUT2D eigenvalue weighted by Crippen LogP contribution is 2.42. The molecule has 3 heterocycles. The summed E-state index contributed by atoms with van der Waals surface area (Å²) in [7, 11) is -3.16. The van der Waals surface area contributed by atoms with E-state index in [1.54, 1.807) is 4.31 Å². The smallest absolute Gasteiger partial charge is 0.211 e. The van der Waals surface area contributed by atoms with E-state index in [4.69, 9.17) is 10.5 Å². The van der Waals surface area contributed by atoms with Crippen LogP contribution in [-0.4, -0.2) is 68.7 Å². The number of hydrogen-bond donors (Lipinski definition) is 1. The molecule has 4 rings (SSSR count). The molecule has 3 aliphatic rings. The lowest BCUT2D eigenvalue weighted by molar-refractivity contribution is -0.0488. The number of halogens is 2. The number of ether oxygens (including phenoxy) is 1. The average molecular weight is 416 g/mol. The van der Waals surface area contributed by atoms with E-state index < -0.39 is 33.8 Å². The van der Waals surface area contributed by atoms with Gasteiger partial charge in [-0.2, -0.15) is 0 Å². The van der Waals surface area contributed by atoms with Crippen LogP contribution in [0.4, 0.5) is 8.78 Å². The van der Waals surface area contributed by atoms with E-state index in [2.05, 4.69) is 4.90 Å². The summed E-state index contributed by atoms with van der Waals surface area (Å²) in [6, 6.07) is 3.02. The Morgan fingerprint density at radius 1 is 1.21 bits per heavy atom. The van der Waals surface area contributed by atoms with Crippen LogP contribution in [0.3, 0.4) is 0 Å². The molecule has 28 heavy (non-hydrogen) atoms. The fraction of sp³-hybridized carbons (Fsp3) is 0.684. The number of hydrogen-bond acceptors (Lipinski definition) is 5. The van der Waals surface area contributed by atoms with Crippen molar-refractivity contribution in [2.45, 2.75) is 37.5 Å². The van der Waals surface area contributed by atoms with Crippen LogP contribution in [0.15, 0.2) is 18.2 Å². The summed E-state index contributed by atoms with van der Waals surface area (Å²) in [5.41, 5.74) is 6.45. The van der Waals surface area contributed by atoms with Crippen LogP contribution in [0.5, 0.6) is 0 Å². The molecule has 0 aliphatic carbocycles. The first-order valence-corrected chi connectivity index (χ1v) is 11.5. The zero-order valence-electron chi connectivity index (χ0n) is 16.0. The number of nitrogens with zero attached hydrogens (tertiary/aromatic N) is 2. The van der Waals surface area contributed by atoms with E-state index in [9.17, 15) is 17.2 Å². The van der Waals surface area contributed by atoms with Gasteiger partial charge < -0.3 is 10.5 Å². The third-order valence-electron chi connectivity index (χ3n) is 6.52. The summed E-state index contributed by atoms with van der Waals surface area (Å²) in [6.45, 7) is 3.24. The Balaban J connectivity index is 1.40. The summed E-state index contributed by atoms with van der Waals surface area (Å²) in [5.74, 6) is -1.01. The van der Waals surface area contributed by atoms with Crippen LogP contribution in [-0.2, 0) is 14.8 Å². The molecule has 3 fully saturated rings. The van der Waals surface area contributed by atoms with Crippen molar-refractivity contribution in [3.63, 3.8) is 0 Å². The molecule has 0 radical (unpaired) electrons. The van der Waals surface area contributed by atoms with Crippen LogP contribution in [0.2, 0.25) is 0 Å². The molecular formula is C19H27F2N3O3S. The number of sulfonamides is 1. The second-order valence-corrected chi connectivity index (χ2v) is 10.5. The van der Waals surface area contributed by atoms with Crippen LogP contribution in [0.25, 0.3) is 0 Å². The molecule has 2 N–H and O–H groups in total. The molecule has 1 aromatic carbocycles. The second kappa shape index (κ2) is 7.28. The third-order valence-corrected chi connectivity index (χ3v) is 7.77. The largest absolute Gasteiger partial charge is 0.370 e. The lowest BCUT2D eigenvalue weighted by Crippen LogP contribution is -2.49. The zero-order valence-corrected chi connectivity index (χ0v) is 16.8. The van der Waals surface area contributed by atoms with E-state index in [1.807, 2.05) is 0 Å². The monoisotopic (exact) mass is 415 g/mol. The van der Waals surface area contributed by atoms with Gasteiger partial charge in [0.15, 0.2) is 0 Å². The Morgan fingerprint density at radius 2 is 1.96 bits per heavy atom. The highest BCUT2D eigenvalue weighted by atomic mass is 32.2. The van der Waals surface area contributed by atoms with Gasteiger partial charge in [0.1, 0.15) is 17.7 Å². The first kappa shape index (κ1) is 20.2. The molecule has 6 nitrogen and oxygen atoms in total. The highest BCUT2D eigenvalue weighted by Gasteiger charge is 2.48. The first-order chi connectivity index (χ1) is 13.2. The summed E-state index contributed by atoms with van der Waals surface area (Å²) in [6.07, 6.45) is 3.06. The van der Waals surface area contributed by atoms with Gasteiger partial charge >= 0.3 is 0 Å². The van der Waals surface area contributed by atoms with E-state index in [-0.39, 0.29) is 17.0 Å². The quantitative estimate of drug-likeness (QED) is 0.809. The third kappa shape index (κ3) is 3.82. The van der Waals surface area contributed by atoms with Crippen molar-refractivity contribution in [3.8, 4) is 0 Å². The zero-order chi connectivity index (χ0) is 20.1. The Kier molecular flexibility index (Phi) is 5.24. The lowest BCUT2D eigenvalue weighted by Gasteiger charge is -2.39. The molecule has 0 aromatic heterocycles. The van der Waals surface area contributed by atoms with Crippen LogP contribution >= 0.6 is 0 Å². The topological polar surface area (TPSA) is 75.9 Å². The fourth-order valence-corrected chi connectivity index (χ4v) is 5.87. The van der Waals surface area contributed by atoms with E-state index in [0.717, 1.165) is 44.1 Å². The predicted octanol–water partition coefficient (Wildman–Crippen LogP) is 1.48. The van der Waals surface area contributed by atoms with Gasteiger partial charge in [-0.05, 0) is 49.4 Å². The summed E-state index contributed by atoms with van der Waals surface area (Å²) < 4.78 is 58.7. The molecule has 1 aromatic rings. The maximum atomic E-state index is 14.1. The summed E-state index contributed by atoms with van der Waals surface area (Å²) in [5, 5.41) is 0. The average Bonchev–Trinajstić information content (AvgIpc) is 3.24. The molecule has 0 amide bonds. The van der Waals surface area contributed by atoms with Crippen molar-refractivity contribution in [3.05, 3.63) is 35.4 Å². The minimum atomic E-state index is -3.16.